The normalized spacial score (nSPS) is 35.4. The Kier molecular flexibility index (Phi) is 3.86. The fourth-order valence-electron chi connectivity index (χ4n) is 5.33. The highest BCUT2D eigenvalue weighted by Crippen LogP contribution is 2.59. The third kappa shape index (κ3) is 3.20. The molecule has 0 aromatic heterocycles. The lowest BCUT2D eigenvalue weighted by Gasteiger charge is -2.44. The molecule has 2 aliphatic carbocycles. The molecule has 4 aliphatic rings. The van der Waals surface area contributed by atoms with Gasteiger partial charge in [0.05, 0.1) is 5.54 Å². The van der Waals surface area contributed by atoms with E-state index in [0.717, 1.165) is 18.4 Å². The molecule has 2 atom stereocenters. The highest BCUT2D eigenvalue weighted by molar-refractivity contribution is 5.82. The van der Waals surface area contributed by atoms with Gasteiger partial charge in [0.1, 0.15) is 12.4 Å². The number of rotatable bonds is 3. The number of fused-ring (bicyclic) bond motifs is 1. The molecule has 4 fully saturated rings. The summed E-state index contributed by atoms with van der Waals surface area (Å²) in [5.74, 6) is 0.163. The molecule has 2 unspecified atom stereocenters. The second-order valence-corrected chi connectivity index (χ2v) is 8.75. The van der Waals surface area contributed by atoms with Crippen LogP contribution in [0, 0.1) is 11.8 Å². The van der Waals surface area contributed by atoms with E-state index in [1.807, 2.05) is 4.90 Å². The Balaban J connectivity index is 1.18. The second kappa shape index (κ2) is 6.03. The maximum atomic E-state index is 12.8. The number of carbonyl (C=O) groups excluding carboxylic acids is 2. The zero-order chi connectivity index (χ0) is 20.4. The predicted octanol–water partition coefficient (Wildman–Crippen LogP) is 2.96. The zero-order valence-corrected chi connectivity index (χ0v) is 15.6. The van der Waals surface area contributed by atoms with Gasteiger partial charge in [-0.05, 0) is 49.3 Å². The molecule has 29 heavy (non-hydrogen) atoms. The van der Waals surface area contributed by atoms with E-state index in [1.165, 1.54) is 12.1 Å². The number of cyclic esters (lactones) is 1. The number of hydrogen-bond donors (Lipinski definition) is 1. The van der Waals surface area contributed by atoms with Gasteiger partial charge in [0.15, 0.2) is 0 Å². The molecule has 2 amide bonds. The van der Waals surface area contributed by atoms with Crippen LogP contribution in [0.3, 0.4) is 0 Å². The van der Waals surface area contributed by atoms with Gasteiger partial charge in [0, 0.05) is 24.4 Å². The lowest BCUT2D eigenvalue weighted by Crippen LogP contribution is -2.58. The largest absolute Gasteiger partial charge is 0.573 e. The summed E-state index contributed by atoms with van der Waals surface area (Å²) in [6.45, 7) is 1.64. The van der Waals surface area contributed by atoms with E-state index in [1.54, 1.807) is 12.1 Å². The summed E-state index contributed by atoms with van der Waals surface area (Å²) in [7, 11) is 0. The average Bonchev–Trinajstić information content (AvgIpc) is 3.24. The highest BCUT2D eigenvalue weighted by Gasteiger charge is 2.59. The Morgan fingerprint density at radius 1 is 1.21 bits per heavy atom. The van der Waals surface area contributed by atoms with Crippen molar-refractivity contribution < 1.29 is 32.2 Å². The fourth-order valence-corrected chi connectivity index (χ4v) is 5.33. The SMILES string of the molecule is O=C1NC2(CO1)CC(C(=O)N1CCC3(c4ccc(OC(F)(F)F)cc4)CC3C1)C2. The number of halogens is 3. The number of amides is 2. The number of alkyl carbamates (subject to hydrolysis) is 1. The summed E-state index contributed by atoms with van der Waals surface area (Å²) >= 11 is 0. The van der Waals surface area contributed by atoms with Crippen molar-refractivity contribution >= 4 is 12.0 Å². The first-order chi connectivity index (χ1) is 13.7. The number of carbonyl (C=O) groups is 2. The lowest BCUT2D eigenvalue weighted by atomic mass is 9.68. The number of ether oxygens (including phenoxy) is 2. The summed E-state index contributed by atoms with van der Waals surface area (Å²) in [6.07, 6.45) is -2.13. The van der Waals surface area contributed by atoms with Crippen molar-refractivity contribution in [2.75, 3.05) is 19.7 Å². The number of nitrogens with one attached hydrogen (secondary N) is 1. The monoisotopic (exact) mass is 410 g/mol. The van der Waals surface area contributed by atoms with Crippen LogP contribution < -0.4 is 10.1 Å². The fraction of sp³-hybridized carbons (Fsp3) is 0.600. The number of piperidine rings is 1. The molecular weight excluding hydrogens is 389 g/mol. The number of benzene rings is 1. The zero-order valence-electron chi connectivity index (χ0n) is 15.6. The van der Waals surface area contributed by atoms with E-state index in [-0.39, 0.29) is 28.5 Å². The summed E-state index contributed by atoms with van der Waals surface area (Å²) in [4.78, 5) is 26.0. The van der Waals surface area contributed by atoms with E-state index >= 15 is 0 Å². The topological polar surface area (TPSA) is 67.9 Å². The van der Waals surface area contributed by atoms with Crippen LogP contribution in [0.5, 0.6) is 5.75 Å². The Hall–Kier alpha value is -2.45. The first kappa shape index (κ1) is 18.6. The third-order valence-corrected chi connectivity index (χ3v) is 6.95. The van der Waals surface area contributed by atoms with Gasteiger partial charge in [-0.25, -0.2) is 4.79 Å². The maximum absolute atomic E-state index is 12.8. The molecular formula is C20H21F3N2O4. The second-order valence-electron chi connectivity index (χ2n) is 8.75. The Morgan fingerprint density at radius 3 is 2.52 bits per heavy atom. The molecule has 1 aromatic rings. The molecule has 9 heteroatoms. The quantitative estimate of drug-likeness (QED) is 0.832. The van der Waals surface area contributed by atoms with Crippen LogP contribution in [0.4, 0.5) is 18.0 Å². The van der Waals surface area contributed by atoms with Crippen molar-refractivity contribution in [2.24, 2.45) is 11.8 Å². The predicted molar refractivity (Wildman–Crippen MR) is 94.0 cm³/mol. The van der Waals surface area contributed by atoms with Gasteiger partial charge in [-0.3, -0.25) is 4.79 Å². The van der Waals surface area contributed by atoms with Crippen LogP contribution in [0.2, 0.25) is 0 Å². The molecule has 0 bridgehead atoms. The van der Waals surface area contributed by atoms with Gasteiger partial charge in [0.2, 0.25) is 5.91 Å². The Morgan fingerprint density at radius 2 is 1.93 bits per heavy atom. The minimum atomic E-state index is -4.69. The number of alkyl halides is 3. The molecule has 1 spiro atoms. The minimum Gasteiger partial charge on any atom is -0.447 e. The van der Waals surface area contributed by atoms with Crippen LogP contribution in [-0.4, -0.2) is 48.5 Å². The molecule has 1 aromatic carbocycles. The van der Waals surface area contributed by atoms with Gasteiger partial charge < -0.3 is 19.7 Å². The average molecular weight is 410 g/mol. The number of likely N-dealkylation sites (tertiary alicyclic amines) is 1. The summed E-state index contributed by atoms with van der Waals surface area (Å²) in [5.41, 5.74) is 0.607. The lowest BCUT2D eigenvalue weighted by molar-refractivity contribution is -0.274. The van der Waals surface area contributed by atoms with Gasteiger partial charge in [-0.2, -0.15) is 0 Å². The van der Waals surface area contributed by atoms with E-state index in [9.17, 15) is 22.8 Å². The van der Waals surface area contributed by atoms with E-state index in [2.05, 4.69) is 10.1 Å². The van der Waals surface area contributed by atoms with E-state index < -0.39 is 12.5 Å². The van der Waals surface area contributed by atoms with Crippen molar-refractivity contribution in [3.63, 3.8) is 0 Å². The number of nitrogens with zero attached hydrogens (tertiary/aromatic N) is 1. The minimum absolute atomic E-state index is 0.0400. The van der Waals surface area contributed by atoms with E-state index in [0.29, 0.717) is 38.5 Å². The van der Waals surface area contributed by atoms with Crippen molar-refractivity contribution in [3.05, 3.63) is 29.8 Å². The first-order valence-electron chi connectivity index (χ1n) is 9.78. The summed E-state index contributed by atoms with van der Waals surface area (Å²) in [5, 5.41) is 2.81. The van der Waals surface area contributed by atoms with Crippen LogP contribution in [0.25, 0.3) is 0 Å². The molecule has 2 saturated carbocycles. The Labute approximate surface area is 165 Å². The van der Waals surface area contributed by atoms with Gasteiger partial charge in [0.25, 0.3) is 0 Å². The third-order valence-electron chi connectivity index (χ3n) is 6.95. The molecule has 2 heterocycles. The molecule has 0 radical (unpaired) electrons. The summed E-state index contributed by atoms with van der Waals surface area (Å²) in [6, 6.07) is 6.13. The molecule has 5 rings (SSSR count). The van der Waals surface area contributed by atoms with Crippen molar-refractivity contribution in [1.82, 2.24) is 10.2 Å². The smallest absolute Gasteiger partial charge is 0.447 e. The molecule has 6 nitrogen and oxygen atoms in total. The summed E-state index contributed by atoms with van der Waals surface area (Å²) < 4.78 is 45.9. The van der Waals surface area contributed by atoms with Gasteiger partial charge >= 0.3 is 12.5 Å². The van der Waals surface area contributed by atoms with Crippen LogP contribution in [-0.2, 0) is 14.9 Å². The van der Waals surface area contributed by atoms with Crippen LogP contribution >= 0.6 is 0 Å². The van der Waals surface area contributed by atoms with Crippen molar-refractivity contribution in [3.8, 4) is 5.75 Å². The molecule has 1 N–H and O–H groups in total. The van der Waals surface area contributed by atoms with Gasteiger partial charge in [-0.15, -0.1) is 13.2 Å². The first-order valence-corrected chi connectivity index (χ1v) is 9.78. The highest BCUT2D eigenvalue weighted by atomic mass is 19.4. The van der Waals surface area contributed by atoms with Crippen LogP contribution in [0.1, 0.15) is 31.2 Å². The molecule has 2 aliphatic heterocycles. The maximum Gasteiger partial charge on any atom is 0.573 e. The van der Waals surface area contributed by atoms with Crippen LogP contribution in [0.15, 0.2) is 24.3 Å². The molecule has 2 saturated heterocycles. The van der Waals surface area contributed by atoms with E-state index in [4.69, 9.17) is 4.74 Å². The standard InChI is InChI=1S/C20H21F3N2O4/c21-20(22,23)29-15-3-1-13(2-4-15)19-5-6-25(10-14(19)9-19)16(26)12-7-18(8-12)11-28-17(27)24-18/h1-4,12,14H,5-11H2,(H,24,27). The Bertz CT molecular complexity index is 850. The molecule has 156 valence electrons. The van der Waals surface area contributed by atoms with Crippen molar-refractivity contribution in [2.45, 2.75) is 43.0 Å². The van der Waals surface area contributed by atoms with Gasteiger partial charge in [-0.1, -0.05) is 12.1 Å². The van der Waals surface area contributed by atoms with Crippen molar-refractivity contribution in [1.29, 1.82) is 0 Å². The number of hydrogen-bond acceptors (Lipinski definition) is 4.